The summed E-state index contributed by atoms with van der Waals surface area (Å²) < 4.78 is 46.2. The van der Waals surface area contributed by atoms with Crippen LogP contribution < -0.4 is 4.74 Å². The number of rotatable bonds is 3. The maximum Gasteiger partial charge on any atom is 0.417 e. The highest BCUT2D eigenvalue weighted by Gasteiger charge is 2.66. The Bertz CT molecular complexity index is 1100. The van der Waals surface area contributed by atoms with Crippen LogP contribution in [0.3, 0.4) is 0 Å². The lowest BCUT2D eigenvalue weighted by molar-refractivity contribution is -0.199. The van der Waals surface area contributed by atoms with Crippen molar-refractivity contribution in [3.05, 3.63) is 64.7 Å². The van der Waals surface area contributed by atoms with E-state index in [0.29, 0.717) is 12.1 Å². The minimum atomic E-state index is -4.65. The number of carbonyl (C=O) groups excluding carboxylic acids is 1. The van der Waals surface area contributed by atoms with E-state index in [9.17, 15) is 18.0 Å². The van der Waals surface area contributed by atoms with Gasteiger partial charge in [-0.15, -0.1) is 0 Å². The van der Waals surface area contributed by atoms with Crippen molar-refractivity contribution in [2.24, 2.45) is 10.8 Å². The van der Waals surface area contributed by atoms with Crippen molar-refractivity contribution in [1.29, 1.82) is 5.26 Å². The zero-order valence-corrected chi connectivity index (χ0v) is 18.5. The van der Waals surface area contributed by atoms with Gasteiger partial charge < -0.3 is 9.64 Å². The number of halogens is 3. The molecule has 1 saturated carbocycles. The lowest BCUT2D eigenvalue weighted by Gasteiger charge is -2.66. The van der Waals surface area contributed by atoms with Crippen molar-refractivity contribution in [3.63, 3.8) is 0 Å². The van der Waals surface area contributed by atoms with Crippen molar-refractivity contribution in [2.75, 3.05) is 6.54 Å². The number of alkyl halides is 3. The van der Waals surface area contributed by atoms with Crippen LogP contribution in [0.2, 0.25) is 0 Å². The molecule has 1 amide bonds. The van der Waals surface area contributed by atoms with Crippen LogP contribution in [0.25, 0.3) is 0 Å². The molecule has 0 unspecified atom stereocenters. The molecular formula is C25H25F3N2O2. The van der Waals surface area contributed by atoms with Crippen molar-refractivity contribution in [2.45, 2.75) is 52.4 Å². The number of fused-ring (bicyclic) bond motifs is 1. The first-order chi connectivity index (χ1) is 14.9. The van der Waals surface area contributed by atoms with E-state index in [2.05, 4.69) is 0 Å². The number of carbonyl (C=O) groups is 1. The first-order valence-corrected chi connectivity index (χ1v) is 10.6. The topological polar surface area (TPSA) is 53.3 Å². The Labute approximate surface area is 185 Å². The first-order valence-electron chi connectivity index (χ1n) is 10.6. The monoisotopic (exact) mass is 442 g/mol. The minimum Gasteiger partial charge on any atom is -0.489 e. The summed E-state index contributed by atoms with van der Waals surface area (Å²) in [6.07, 6.45) is -4.30. The Kier molecular flexibility index (Phi) is 5.04. The highest BCUT2D eigenvalue weighted by atomic mass is 19.4. The molecule has 1 heterocycles. The number of ether oxygens (including phenoxy) is 1. The van der Waals surface area contributed by atoms with E-state index >= 15 is 0 Å². The second kappa shape index (κ2) is 7.26. The SMILES string of the molecule is CC1(C)[C@H](Oc2ccc(C#N)c(C(F)(F)F)c2)C(C)(C)[C@H]1N1CCc2ccccc2C1=O. The number of hydrogen-bond acceptors (Lipinski definition) is 3. The van der Waals surface area contributed by atoms with Crippen molar-refractivity contribution in [1.82, 2.24) is 4.90 Å². The van der Waals surface area contributed by atoms with Crippen LogP contribution in [0.4, 0.5) is 13.2 Å². The van der Waals surface area contributed by atoms with Gasteiger partial charge in [0.25, 0.3) is 5.91 Å². The largest absolute Gasteiger partial charge is 0.489 e. The highest BCUT2D eigenvalue weighted by Crippen LogP contribution is 2.58. The molecule has 168 valence electrons. The molecule has 2 aromatic rings. The quantitative estimate of drug-likeness (QED) is 0.635. The van der Waals surface area contributed by atoms with Gasteiger partial charge in [-0.2, -0.15) is 18.4 Å². The second-order valence-corrected chi connectivity index (χ2v) is 9.77. The van der Waals surface area contributed by atoms with Crippen LogP contribution in [-0.4, -0.2) is 29.5 Å². The van der Waals surface area contributed by atoms with E-state index in [-0.39, 0.29) is 17.7 Å². The zero-order valence-electron chi connectivity index (χ0n) is 18.5. The third-order valence-corrected chi connectivity index (χ3v) is 6.87. The number of nitriles is 1. The number of hydrogen-bond donors (Lipinski definition) is 0. The van der Waals surface area contributed by atoms with Crippen molar-refractivity contribution in [3.8, 4) is 11.8 Å². The molecule has 1 fully saturated rings. The van der Waals surface area contributed by atoms with Gasteiger partial charge in [0.1, 0.15) is 11.9 Å². The van der Waals surface area contributed by atoms with Gasteiger partial charge in [0.05, 0.1) is 17.2 Å². The molecule has 7 heteroatoms. The Hall–Kier alpha value is -3.01. The molecule has 1 aliphatic heterocycles. The fraction of sp³-hybridized carbons (Fsp3) is 0.440. The summed E-state index contributed by atoms with van der Waals surface area (Å²) in [7, 11) is 0. The maximum absolute atomic E-state index is 13.4. The molecule has 32 heavy (non-hydrogen) atoms. The predicted molar refractivity (Wildman–Crippen MR) is 113 cm³/mol. The lowest BCUT2D eigenvalue weighted by atomic mass is 9.48. The van der Waals surface area contributed by atoms with Gasteiger partial charge in [-0.1, -0.05) is 45.9 Å². The molecule has 0 N–H and O–H groups in total. The Balaban J connectivity index is 1.61. The van der Waals surface area contributed by atoms with Gasteiger partial charge in [-0.05, 0) is 36.2 Å². The molecule has 0 saturated heterocycles. The Morgan fingerprint density at radius 1 is 1.09 bits per heavy atom. The van der Waals surface area contributed by atoms with E-state index in [4.69, 9.17) is 10.00 Å². The summed E-state index contributed by atoms with van der Waals surface area (Å²) in [6.45, 7) is 8.52. The summed E-state index contributed by atoms with van der Waals surface area (Å²) in [5, 5.41) is 9.02. The summed E-state index contributed by atoms with van der Waals surface area (Å²) in [6, 6.07) is 12.5. The van der Waals surface area contributed by atoms with E-state index < -0.39 is 34.2 Å². The third kappa shape index (κ3) is 3.33. The maximum atomic E-state index is 13.4. The number of benzene rings is 2. The van der Waals surface area contributed by atoms with Crippen LogP contribution in [0.1, 0.15) is 54.7 Å². The average molecular weight is 442 g/mol. The van der Waals surface area contributed by atoms with Gasteiger partial charge in [0.15, 0.2) is 0 Å². The van der Waals surface area contributed by atoms with Gasteiger partial charge in [-0.3, -0.25) is 4.79 Å². The summed E-state index contributed by atoms with van der Waals surface area (Å²) in [5.74, 6) is 0.0467. The van der Waals surface area contributed by atoms with Crippen LogP contribution in [0, 0.1) is 22.2 Å². The molecule has 0 aromatic heterocycles. The third-order valence-electron chi connectivity index (χ3n) is 6.87. The molecule has 0 atom stereocenters. The van der Waals surface area contributed by atoms with Crippen molar-refractivity contribution < 1.29 is 22.7 Å². The van der Waals surface area contributed by atoms with E-state index in [0.717, 1.165) is 24.1 Å². The minimum absolute atomic E-state index is 0.0193. The van der Waals surface area contributed by atoms with Crippen molar-refractivity contribution >= 4 is 5.91 Å². The molecule has 0 spiro atoms. The zero-order chi connectivity index (χ0) is 23.5. The van der Waals surface area contributed by atoms with Gasteiger partial charge in [-0.25, -0.2) is 0 Å². The van der Waals surface area contributed by atoms with Crippen LogP contribution in [-0.2, 0) is 12.6 Å². The highest BCUT2D eigenvalue weighted by molar-refractivity contribution is 5.97. The fourth-order valence-electron chi connectivity index (χ4n) is 5.97. The Morgan fingerprint density at radius 2 is 1.75 bits per heavy atom. The predicted octanol–water partition coefficient (Wildman–Crippen LogP) is 5.46. The molecule has 2 aliphatic rings. The molecule has 1 aliphatic carbocycles. The van der Waals surface area contributed by atoms with E-state index in [1.807, 2.05) is 56.9 Å². The van der Waals surface area contributed by atoms with Gasteiger partial charge >= 0.3 is 6.18 Å². The summed E-state index contributed by atoms with van der Waals surface area (Å²) in [4.78, 5) is 15.1. The second-order valence-electron chi connectivity index (χ2n) is 9.77. The number of amides is 1. The molecule has 0 radical (unpaired) electrons. The molecule has 4 nitrogen and oxygen atoms in total. The summed E-state index contributed by atoms with van der Waals surface area (Å²) in [5.41, 5.74) is -0.681. The van der Waals surface area contributed by atoms with Crippen LogP contribution in [0.15, 0.2) is 42.5 Å². The lowest BCUT2D eigenvalue weighted by Crippen LogP contribution is -2.75. The average Bonchev–Trinajstić information content (AvgIpc) is 2.73. The molecule has 4 rings (SSSR count). The van der Waals surface area contributed by atoms with E-state index in [1.165, 1.54) is 6.07 Å². The molecular weight excluding hydrogens is 417 g/mol. The van der Waals surface area contributed by atoms with Gasteiger partial charge in [0.2, 0.25) is 0 Å². The normalized spacial score (nSPS) is 23.7. The molecule has 2 aromatic carbocycles. The Morgan fingerprint density at radius 3 is 2.38 bits per heavy atom. The van der Waals surface area contributed by atoms with Gasteiger partial charge in [0, 0.05) is 29.0 Å². The number of nitrogens with zero attached hydrogens (tertiary/aromatic N) is 2. The van der Waals surface area contributed by atoms with Crippen LogP contribution in [0.5, 0.6) is 5.75 Å². The molecule has 0 bridgehead atoms. The van der Waals surface area contributed by atoms with Crippen LogP contribution >= 0.6 is 0 Å². The standard InChI is InChI=1S/C25H25F3N2O2/c1-23(2)21(30-12-11-15-7-5-6-8-18(15)20(30)31)24(3,4)22(23)32-17-10-9-16(14-29)19(13-17)25(26,27)28/h5-10,13,21-22H,11-12H2,1-4H3/t21-,22-. The summed E-state index contributed by atoms with van der Waals surface area (Å²) >= 11 is 0. The smallest absolute Gasteiger partial charge is 0.417 e. The fourth-order valence-corrected chi connectivity index (χ4v) is 5.97. The van der Waals surface area contributed by atoms with E-state index in [1.54, 1.807) is 6.07 Å². The first kappa shape index (κ1) is 22.2.